The first kappa shape index (κ1) is 13.1. The normalized spacial score (nSPS) is 8.82. The summed E-state index contributed by atoms with van der Waals surface area (Å²) >= 11 is 0. The zero-order valence-corrected chi connectivity index (χ0v) is 7.92. The monoisotopic (exact) mass is 161 g/mol. The first-order chi connectivity index (χ1) is 5.04. The number of nitrogens with zero attached hydrogens (tertiary/aromatic N) is 1. The summed E-state index contributed by atoms with van der Waals surface area (Å²) in [7, 11) is 3.70. The van der Waals surface area contributed by atoms with Gasteiger partial charge in [0.25, 0.3) is 0 Å². The molecule has 3 nitrogen and oxygen atoms in total. The SMILES string of the molecule is CCC.CN(C)CCC(=O)O. The van der Waals surface area contributed by atoms with Crippen molar-refractivity contribution in [3.63, 3.8) is 0 Å². The van der Waals surface area contributed by atoms with Gasteiger partial charge in [0, 0.05) is 6.54 Å². The fourth-order valence-electron chi connectivity index (χ4n) is 0.319. The zero-order chi connectivity index (χ0) is 9.28. The quantitative estimate of drug-likeness (QED) is 0.681. The minimum atomic E-state index is -0.737. The number of hydrogen-bond donors (Lipinski definition) is 1. The average Bonchev–Trinajstić information content (AvgIpc) is 1.85. The molecule has 0 fully saturated rings. The molecule has 3 heteroatoms. The number of carbonyl (C=O) groups is 1. The topological polar surface area (TPSA) is 40.5 Å². The van der Waals surface area contributed by atoms with Crippen LogP contribution in [-0.4, -0.2) is 36.6 Å². The average molecular weight is 161 g/mol. The highest BCUT2D eigenvalue weighted by molar-refractivity contribution is 5.66. The van der Waals surface area contributed by atoms with Gasteiger partial charge in [-0.05, 0) is 14.1 Å². The van der Waals surface area contributed by atoms with Crippen LogP contribution < -0.4 is 0 Å². The van der Waals surface area contributed by atoms with Crippen LogP contribution >= 0.6 is 0 Å². The molecule has 0 aromatic carbocycles. The van der Waals surface area contributed by atoms with E-state index in [4.69, 9.17) is 5.11 Å². The van der Waals surface area contributed by atoms with Crippen LogP contribution in [0.2, 0.25) is 0 Å². The predicted octanol–water partition coefficient (Wildman–Crippen LogP) is 1.44. The van der Waals surface area contributed by atoms with Gasteiger partial charge in [-0.3, -0.25) is 4.79 Å². The van der Waals surface area contributed by atoms with E-state index in [1.165, 1.54) is 6.42 Å². The summed E-state index contributed by atoms with van der Waals surface area (Å²) in [5, 5.41) is 8.14. The minimum Gasteiger partial charge on any atom is -0.481 e. The minimum absolute atomic E-state index is 0.229. The first-order valence-corrected chi connectivity index (χ1v) is 3.91. The molecule has 0 saturated carbocycles. The fraction of sp³-hybridized carbons (Fsp3) is 0.875. The van der Waals surface area contributed by atoms with Gasteiger partial charge in [0.05, 0.1) is 6.42 Å². The highest BCUT2D eigenvalue weighted by atomic mass is 16.4. The second-order valence-electron chi connectivity index (χ2n) is 2.65. The maximum Gasteiger partial charge on any atom is 0.304 e. The Morgan fingerprint density at radius 3 is 1.82 bits per heavy atom. The van der Waals surface area contributed by atoms with Gasteiger partial charge < -0.3 is 10.0 Å². The molecular weight excluding hydrogens is 142 g/mol. The molecule has 0 rings (SSSR count). The Labute approximate surface area is 69.0 Å². The van der Waals surface area contributed by atoms with E-state index >= 15 is 0 Å². The first-order valence-electron chi connectivity index (χ1n) is 3.91. The van der Waals surface area contributed by atoms with Crippen LogP contribution in [-0.2, 0) is 4.79 Å². The molecule has 0 aromatic heterocycles. The lowest BCUT2D eigenvalue weighted by atomic mass is 10.4. The van der Waals surface area contributed by atoms with Crippen LogP contribution in [0.3, 0.4) is 0 Å². The van der Waals surface area contributed by atoms with Gasteiger partial charge >= 0.3 is 5.97 Å². The van der Waals surface area contributed by atoms with E-state index in [-0.39, 0.29) is 6.42 Å². The lowest BCUT2D eigenvalue weighted by Crippen LogP contribution is -2.15. The van der Waals surface area contributed by atoms with E-state index in [1.807, 2.05) is 19.0 Å². The maximum atomic E-state index is 9.88. The maximum absolute atomic E-state index is 9.88. The fourth-order valence-corrected chi connectivity index (χ4v) is 0.319. The summed E-state index contributed by atoms with van der Waals surface area (Å²) in [6, 6.07) is 0. The molecule has 0 heterocycles. The lowest BCUT2D eigenvalue weighted by molar-refractivity contribution is -0.137. The van der Waals surface area contributed by atoms with Crippen molar-refractivity contribution in [1.29, 1.82) is 0 Å². The van der Waals surface area contributed by atoms with Crippen molar-refractivity contribution in [2.75, 3.05) is 20.6 Å². The molecular formula is C8H19NO2. The van der Waals surface area contributed by atoms with Gasteiger partial charge in [0.2, 0.25) is 0 Å². The van der Waals surface area contributed by atoms with E-state index in [2.05, 4.69) is 13.8 Å². The second-order valence-corrected chi connectivity index (χ2v) is 2.65. The van der Waals surface area contributed by atoms with Gasteiger partial charge in [-0.1, -0.05) is 20.3 Å². The summed E-state index contributed by atoms with van der Waals surface area (Å²) in [5.41, 5.74) is 0. The van der Waals surface area contributed by atoms with Crippen molar-refractivity contribution in [1.82, 2.24) is 4.90 Å². The smallest absolute Gasteiger partial charge is 0.304 e. The van der Waals surface area contributed by atoms with E-state index in [0.29, 0.717) is 6.54 Å². The molecule has 0 aliphatic heterocycles. The van der Waals surface area contributed by atoms with Gasteiger partial charge in [0.15, 0.2) is 0 Å². The molecule has 0 unspecified atom stereocenters. The molecule has 0 aromatic rings. The van der Waals surface area contributed by atoms with Crippen molar-refractivity contribution < 1.29 is 9.90 Å². The summed E-state index contributed by atoms with van der Waals surface area (Å²) < 4.78 is 0. The van der Waals surface area contributed by atoms with E-state index < -0.39 is 5.97 Å². The molecule has 0 atom stereocenters. The number of aliphatic carboxylic acids is 1. The van der Waals surface area contributed by atoms with E-state index in [9.17, 15) is 4.79 Å². The van der Waals surface area contributed by atoms with Crippen molar-refractivity contribution >= 4 is 5.97 Å². The molecule has 68 valence electrons. The zero-order valence-electron chi connectivity index (χ0n) is 7.92. The molecule has 0 bridgehead atoms. The predicted molar refractivity (Wildman–Crippen MR) is 46.8 cm³/mol. The Hall–Kier alpha value is -0.570. The Balaban J connectivity index is 0. The highest BCUT2D eigenvalue weighted by Gasteiger charge is 1.95. The second kappa shape index (κ2) is 9.43. The summed E-state index contributed by atoms with van der Waals surface area (Å²) in [6.07, 6.45) is 1.48. The van der Waals surface area contributed by atoms with Crippen molar-refractivity contribution in [3.8, 4) is 0 Å². The number of carboxylic acid groups (broad SMARTS) is 1. The Bertz CT molecular complexity index is 92.1. The Morgan fingerprint density at radius 1 is 1.36 bits per heavy atom. The van der Waals surface area contributed by atoms with Crippen LogP contribution in [0.25, 0.3) is 0 Å². The van der Waals surface area contributed by atoms with Gasteiger partial charge in [-0.15, -0.1) is 0 Å². The van der Waals surface area contributed by atoms with Crippen LogP contribution in [0.5, 0.6) is 0 Å². The molecule has 0 amide bonds. The van der Waals surface area contributed by atoms with E-state index in [0.717, 1.165) is 0 Å². The molecule has 0 aliphatic rings. The molecule has 0 aliphatic carbocycles. The van der Waals surface area contributed by atoms with Crippen LogP contribution in [0.1, 0.15) is 26.7 Å². The van der Waals surface area contributed by atoms with E-state index in [1.54, 1.807) is 0 Å². The Kier molecular flexibility index (Phi) is 11.2. The summed E-state index contributed by atoms with van der Waals surface area (Å²) in [5.74, 6) is -0.737. The van der Waals surface area contributed by atoms with Crippen LogP contribution in [0.15, 0.2) is 0 Å². The van der Waals surface area contributed by atoms with Gasteiger partial charge in [-0.2, -0.15) is 0 Å². The third kappa shape index (κ3) is 26.5. The van der Waals surface area contributed by atoms with Gasteiger partial charge in [0.1, 0.15) is 0 Å². The molecule has 0 spiro atoms. The summed E-state index contributed by atoms with van der Waals surface area (Å²) in [4.78, 5) is 11.7. The van der Waals surface area contributed by atoms with Crippen LogP contribution in [0, 0.1) is 0 Å². The molecule has 1 N–H and O–H groups in total. The van der Waals surface area contributed by atoms with Crippen molar-refractivity contribution in [2.45, 2.75) is 26.7 Å². The molecule has 11 heavy (non-hydrogen) atoms. The molecule has 0 radical (unpaired) electrons. The third-order valence-electron chi connectivity index (χ3n) is 0.773. The van der Waals surface area contributed by atoms with Crippen molar-refractivity contribution in [2.24, 2.45) is 0 Å². The summed E-state index contributed by atoms with van der Waals surface area (Å²) in [6.45, 7) is 4.87. The van der Waals surface area contributed by atoms with Crippen LogP contribution in [0.4, 0.5) is 0 Å². The largest absolute Gasteiger partial charge is 0.481 e. The standard InChI is InChI=1S/C5H11NO2.C3H8/c1-6(2)4-3-5(7)8;1-3-2/h3-4H2,1-2H3,(H,7,8);3H2,1-2H3. The third-order valence-corrected chi connectivity index (χ3v) is 0.773. The Morgan fingerprint density at radius 2 is 1.73 bits per heavy atom. The molecule has 0 saturated heterocycles. The number of rotatable bonds is 3. The number of carboxylic acids is 1. The number of hydrogen-bond acceptors (Lipinski definition) is 2. The lowest BCUT2D eigenvalue weighted by Gasteiger charge is -2.04. The highest BCUT2D eigenvalue weighted by Crippen LogP contribution is 1.80. The van der Waals surface area contributed by atoms with Gasteiger partial charge in [-0.25, -0.2) is 0 Å². The van der Waals surface area contributed by atoms with Crippen molar-refractivity contribution in [3.05, 3.63) is 0 Å².